The van der Waals surface area contributed by atoms with Gasteiger partial charge in [-0.2, -0.15) is 0 Å². The molecule has 1 aliphatic carbocycles. The zero-order valence-electron chi connectivity index (χ0n) is 18.2. The van der Waals surface area contributed by atoms with E-state index in [0.29, 0.717) is 19.1 Å². The quantitative estimate of drug-likeness (QED) is 0.697. The fourth-order valence-electron chi connectivity index (χ4n) is 4.51. The topological polar surface area (TPSA) is 64.6 Å². The van der Waals surface area contributed by atoms with E-state index in [9.17, 15) is 4.79 Å². The number of carbonyl (C=O) groups is 1. The largest absolute Gasteiger partial charge is 0.497 e. The van der Waals surface area contributed by atoms with Crippen LogP contribution in [0.25, 0.3) is 0 Å². The number of amides is 1. The maximum absolute atomic E-state index is 13.4. The van der Waals surface area contributed by atoms with E-state index in [4.69, 9.17) is 14.5 Å². The highest BCUT2D eigenvalue weighted by molar-refractivity contribution is 5.91. The van der Waals surface area contributed by atoms with Crippen LogP contribution in [-0.4, -0.2) is 47.6 Å². The van der Waals surface area contributed by atoms with Crippen molar-refractivity contribution in [3.05, 3.63) is 53.1 Å². The molecule has 1 amide bonds. The second kappa shape index (κ2) is 8.72. The molecule has 1 saturated carbocycles. The van der Waals surface area contributed by atoms with E-state index >= 15 is 0 Å². The van der Waals surface area contributed by atoms with Gasteiger partial charge < -0.3 is 14.4 Å². The van der Waals surface area contributed by atoms with E-state index in [1.54, 1.807) is 7.11 Å². The highest BCUT2D eigenvalue weighted by atomic mass is 16.5. The maximum atomic E-state index is 13.4. The van der Waals surface area contributed by atoms with Crippen LogP contribution in [0.5, 0.6) is 5.75 Å². The van der Waals surface area contributed by atoms with Crippen LogP contribution in [0, 0.1) is 6.92 Å². The highest BCUT2D eigenvalue weighted by Gasteiger charge is 2.53. The molecule has 4 rings (SSSR count). The van der Waals surface area contributed by atoms with Gasteiger partial charge in [0.15, 0.2) is 0 Å². The molecule has 2 aromatic rings. The predicted molar refractivity (Wildman–Crippen MR) is 115 cm³/mol. The van der Waals surface area contributed by atoms with E-state index in [1.165, 1.54) is 0 Å². The minimum absolute atomic E-state index is 0.277. The summed E-state index contributed by atoms with van der Waals surface area (Å²) in [5, 5.41) is 0. The summed E-state index contributed by atoms with van der Waals surface area (Å²) in [5.74, 6) is 2.24. The van der Waals surface area contributed by atoms with Crippen molar-refractivity contribution in [1.29, 1.82) is 0 Å². The van der Waals surface area contributed by atoms with Gasteiger partial charge in [0.25, 0.3) is 0 Å². The van der Waals surface area contributed by atoms with Gasteiger partial charge in [0.2, 0.25) is 5.91 Å². The second-order valence-electron chi connectivity index (χ2n) is 8.34. The summed E-state index contributed by atoms with van der Waals surface area (Å²) in [6.07, 6.45) is 5.62. The Morgan fingerprint density at radius 3 is 2.50 bits per heavy atom. The number of methoxy groups -OCH3 is 1. The SMILES string of the molecule is CCOCc1cnc(C)nc1C1CCN(C(=O)C2(c3ccc(OC)cc3)CC2)CC1. The minimum atomic E-state index is -0.329. The first-order chi connectivity index (χ1) is 14.6. The lowest BCUT2D eigenvalue weighted by Crippen LogP contribution is -2.43. The maximum Gasteiger partial charge on any atom is 0.233 e. The number of carbonyl (C=O) groups excluding carboxylic acids is 1. The van der Waals surface area contributed by atoms with Crippen LogP contribution >= 0.6 is 0 Å². The summed E-state index contributed by atoms with van der Waals surface area (Å²) in [6.45, 7) is 6.70. The number of benzene rings is 1. The van der Waals surface area contributed by atoms with Gasteiger partial charge in [-0.15, -0.1) is 0 Å². The molecule has 0 bridgehead atoms. The minimum Gasteiger partial charge on any atom is -0.497 e. The number of nitrogens with zero attached hydrogens (tertiary/aromatic N) is 3. The van der Waals surface area contributed by atoms with Crippen LogP contribution in [0.4, 0.5) is 0 Å². The van der Waals surface area contributed by atoms with Gasteiger partial charge in [0.1, 0.15) is 11.6 Å². The second-order valence-corrected chi connectivity index (χ2v) is 8.34. The van der Waals surface area contributed by atoms with Crippen molar-refractivity contribution in [2.24, 2.45) is 0 Å². The van der Waals surface area contributed by atoms with Crippen molar-refractivity contribution in [2.45, 2.75) is 57.5 Å². The normalized spacial score (nSPS) is 18.3. The lowest BCUT2D eigenvalue weighted by Gasteiger charge is -2.35. The van der Waals surface area contributed by atoms with Crippen molar-refractivity contribution >= 4 is 5.91 Å². The highest BCUT2D eigenvalue weighted by Crippen LogP contribution is 2.50. The Hall–Kier alpha value is -2.47. The molecule has 30 heavy (non-hydrogen) atoms. The van der Waals surface area contributed by atoms with Gasteiger partial charge in [-0.25, -0.2) is 9.97 Å². The summed E-state index contributed by atoms with van der Waals surface area (Å²) in [4.78, 5) is 24.5. The molecule has 0 spiro atoms. The van der Waals surface area contributed by atoms with Crippen molar-refractivity contribution in [1.82, 2.24) is 14.9 Å². The number of ether oxygens (including phenoxy) is 2. The zero-order chi connectivity index (χ0) is 21.1. The van der Waals surface area contributed by atoms with E-state index in [1.807, 2.05) is 44.3 Å². The van der Waals surface area contributed by atoms with Crippen LogP contribution in [0.3, 0.4) is 0 Å². The van der Waals surface area contributed by atoms with Crippen LogP contribution in [0.15, 0.2) is 30.5 Å². The summed E-state index contributed by atoms with van der Waals surface area (Å²) < 4.78 is 10.9. The number of rotatable bonds is 7. The smallest absolute Gasteiger partial charge is 0.233 e. The molecule has 1 aromatic carbocycles. The van der Waals surface area contributed by atoms with Gasteiger partial charge in [0, 0.05) is 37.4 Å². The average molecular weight is 410 g/mol. The average Bonchev–Trinajstić information content (AvgIpc) is 3.60. The van der Waals surface area contributed by atoms with Gasteiger partial charge in [-0.3, -0.25) is 4.79 Å². The van der Waals surface area contributed by atoms with Crippen LogP contribution in [0.1, 0.15) is 61.2 Å². The number of aryl methyl sites for hydroxylation is 1. The Morgan fingerprint density at radius 1 is 1.20 bits per heavy atom. The summed E-state index contributed by atoms with van der Waals surface area (Å²) >= 11 is 0. The third-order valence-corrected chi connectivity index (χ3v) is 6.45. The lowest BCUT2D eigenvalue weighted by molar-refractivity contribution is -0.135. The standard InChI is InChI=1S/C24H31N3O3/c1-4-30-16-19-15-25-17(2)26-22(19)18-9-13-27(14-10-18)23(28)24(11-12-24)20-5-7-21(29-3)8-6-20/h5-8,15,18H,4,9-14,16H2,1-3H3. The number of piperidine rings is 1. The van der Waals surface area contributed by atoms with Gasteiger partial charge in [-0.1, -0.05) is 12.1 Å². The fourth-order valence-corrected chi connectivity index (χ4v) is 4.51. The molecule has 1 aromatic heterocycles. The fraction of sp³-hybridized carbons (Fsp3) is 0.542. The Balaban J connectivity index is 1.43. The predicted octanol–water partition coefficient (Wildman–Crippen LogP) is 3.77. The van der Waals surface area contributed by atoms with Crippen LogP contribution < -0.4 is 4.74 Å². The first kappa shape index (κ1) is 20.8. The van der Waals surface area contributed by atoms with Gasteiger partial charge >= 0.3 is 0 Å². The Bertz CT molecular complexity index is 885. The molecule has 2 heterocycles. The summed E-state index contributed by atoms with van der Waals surface area (Å²) in [6, 6.07) is 7.98. The molecule has 1 saturated heterocycles. The molecular formula is C24H31N3O3. The molecule has 1 aliphatic heterocycles. The lowest BCUT2D eigenvalue weighted by atomic mass is 9.88. The monoisotopic (exact) mass is 409 g/mol. The summed E-state index contributed by atoms with van der Waals surface area (Å²) in [5.41, 5.74) is 2.95. The first-order valence-corrected chi connectivity index (χ1v) is 10.9. The Labute approximate surface area is 178 Å². The number of hydrogen-bond donors (Lipinski definition) is 0. The van der Waals surface area contributed by atoms with Crippen molar-refractivity contribution in [2.75, 3.05) is 26.8 Å². The third-order valence-electron chi connectivity index (χ3n) is 6.45. The van der Waals surface area contributed by atoms with E-state index < -0.39 is 0 Å². The molecule has 2 fully saturated rings. The molecule has 0 N–H and O–H groups in total. The van der Waals surface area contributed by atoms with Crippen molar-refractivity contribution < 1.29 is 14.3 Å². The molecule has 6 nitrogen and oxygen atoms in total. The van der Waals surface area contributed by atoms with Crippen molar-refractivity contribution in [3.63, 3.8) is 0 Å². The van der Waals surface area contributed by atoms with Gasteiger partial charge in [0.05, 0.1) is 24.8 Å². The third kappa shape index (κ3) is 4.06. The molecular weight excluding hydrogens is 378 g/mol. The van der Waals surface area contributed by atoms with E-state index in [-0.39, 0.29) is 11.3 Å². The van der Waals surface area contributed by atoms with E-state index in [2.05, 4.69) is 9.88 Å². The first-order valence-electron chi connectivity index (χ1n) is 10.9. The number of hydrogen-bond acceptors (Lipinski definition) is 5. The molecule has 160 valence electrons. The van der Waals surface area contributed by atoms with Crippen LogP contribution in [-0.2, 0) is 21.6 Å². The molecule has 2 aliphatic rings. The van der Waals surface area contributed by atoms with Crippen molar-refractivity contribution in [3.8, 4) is 5.75 Å². The number of likely N-dealkylation sites (tertiary alicyclic amines) is 1. The van der Waals surface area contributed by atoms with Gasteiger partial charge in [-0.05, 0) is 57.2 Å². The Morgan fingerprint density at radius 2 is 1.90 bits per heavy atom. The zero-order valence-corrected chi connectivity index (χ0v) is 18.2. The molecule has 6 heteroatoms. The molecule has 0 radical (unpaired) electrons. The number of aromatic nitrogens is 2. The molecule has 0 atom stereocenters. The van der Waals surface area contributed by atoms with E-state index in [0.717, 1.165) is 67.2 Å². The Kier molecular flexibility index (Phi) is 6.04. The van der Waals surface area contributed by atoms with Crippen LogP contribution in [0.2, 0.25) is 0 Å². The molecule has 0 unspecified atom stereocenters. The summed E-state index contributed by atoms with van der Waals surface area (Å²) in [7, 11) is 1.66.